The third kappa shape index (κ3) is 2.66. The lowest BCUT2D eigenvalue weighted by atomic mass is 10.3. The molecule has 0 aliphatic carbocycles. The zero-order valence-corrected chi connectivity index (χ0v) is 12.2. The molecule has 92 valence electrons. The summed E-state index contributed by atoms with van der Waals surface area (Å²) in [5.74, 6) is 0.164. The monoisotopic (exact) mass is 336 g/mol. The maximum absolute atomic E-state index is 13.5. The van der Waals surface area contributed by atoms with E-state index in [1.54, 1.807) is 16.9 Å². The fourth-order valence-corrected chi connectivity index (χ4v) is 2.68. The van der Waals surface area contributed by atoms with Gasteiger partial charge in [-0.3, -0.25) is 4.21 Å². The molecule has 1 unspecified atom stereocenters. The van der Waals surface area contributed by atoms with Crippen LogP contribution in [0.5, 0.6) is 0 Å². The molecule has 0 amide bonds. The van der Waals surface area contributed by atoms with E-state index in [1.165, 1.54) is 6.07 Å². The number of aryl methyl sites for hydroxylation is 1. The van der Waals surface area contributed by atoms with Crippen LogP contribution in [-0.2, 0) is 17.3 Å². The number of nitrogens with one attached hydrogen (secondary N) is 1. The van der Waals surface area contributed by atoms with E-state index in [9.17, 15) is 8.60 Å². The van der Waals surface area contributed by atoms with Crippen molar-refractivity contribution in [1.29, 1.82) is 0 Å². The van der Waals surface area contributed by atoms with Crippen molar-refractivity contribution >= 4 is 50.0 Å². The molecular formula is C10H10BrFN2OS2. The van der Waals surface area contributed by atoms with Gasteiger partial charge in [-0.15, -0.1) is 0 Å². The van der Waals surface area contributed by atoms with Gasteiger partial charge >= 0.3 is 0 Å². The second kappa shape index (κ2) is 4.99. The van der Waals surface area contributed by atoms with E-state index >= 15 is 0 Å². The first-order chi connectivity index (χ1) is 7.99. The number of aromatic nitrogens is 2. The summed E-state index contributed by atoms with van der Waals surface area (Å²) in [7, 11) is -0.895. The van der Waals surface area contributed by atoms with Gasteiger partial charge in [-0.2, -0.15) is 0 Å². The molecule has 0 aliphatic rings. The number of fused-ring (bicyclic) bond motifs is 1. The van der Waals surface area contributed by atoms with Crippen LogP contribution in [0.25, 0.3) is 11.0 Å². The Morgan fingerprint density at radius 2 is 2.29 bits per heavy atom. The number of imidazole rings is 1. The molecule has 1 aromatic heterocycles. The van der Waals surface area contributed by atoms with Gasteiger partial charge in [0.05, 0.1) is 15.5 Å². The second-order valence-electron chi connectivity index (χ2n) is 3.64. The van der Waals surface area contributed by atoms with Gasteiger partial charge in [-0.25, -0.2) is 4.39 Å². The van der Waals surface area contributed by atoms with Crippen molar-refractivity contribution in [2.45, 2.75) is 6.54 Å². The maximum Gasteiger partial charge on any atom is 0.178 e. The lowest BCUT2D eigenvalue weighted by Crippen LogP contribution is -2.06. The Morgan fingerprint density at radius 3 is 2.94 bits per heavy atom. The fraction of sp³-hybridized carbons (Fsp3) is 0.300. The molecule has 17 heavy (non-hydrogen) atoms. The first-order valence-electron chi connectivity index (χ1n) is 4.86. The Hall–Kier alpha value is -0.530. The highest BCUT2D eigenvalue weighted by Crippen LogP contribution is 2.23. The van der Waals surface area contributed by atoms with Crippen molar-refractivity contribution in [3.05, 3.63) is 27.2 Å². The minimum Gasteiger partial charge on any atom is -0.331 e. The highest BCUT2D eigenvalue weighted by molar-refractivity contribution is 9.10. The zero-order valence-electron chi connectivity index (χ0n) is 9.00. The Morgan fingerprint density at radius 1 is 1.59 bits per heavy atom. The summed E-state index contributed by atoms with van der Waals surface area (Å²) < 4.78 is 27.2. The molecule has 1 heterocycles. The molecule has 1 aromatic carbocycles. The van der Waals surface area contributed by atoms with Gasteiger partial charge in [0.15, 0.2) is 4.77 Å². The zero-order chi connectivity index (χ0) is 12.6. The van der Waals surface area contributed by atoms with Crippen LogP contribution in [0.1, 0.15) is 0 Å². The van der Waals surface area contributed by atoms with Crippen LogP contribution in [0, 0.1) is 10.6 Å². The smallest absolute Gasteiger partial charge is 0.178 e. The van der Waals surface area contributed by atoms with Crippen LogP contribution < -0.4 is 0 Å². The van der Waals surface area contributed by atoms with E-state index in [1.807, 2.05) is 0 Å². The highest BCUT2D eigenvalue weighted by atomic mass is 79.9. The van der Waals surface area contributed by atoms with E-state index in [-0.39, 0.29) is 5.82 Å². The molecule has 3 nitrogen and oxygen atoms in total. The maximum atomic E-state index is 13.5. The Labute approximate surface area is 114 Å². The summed E-state index contributed by atoms with van der Waals surface area (Å²) in [4.78, 5) is 3.00. The first-order valence-corrected chi connectivity index (χ1v) is 7.79. The average Bonchev–Trinajstić information content (AvgIpc) is 2.52. The van der Waals surface area contributed by atoms with E-state index in [4.69, 9.17) is 12.2 Å². The quantitative estimate of drug-likeness (QED) is 0.875. The topological polar surface area (TPSA) is 37.8 Å². The molecule has 0 saturated heterocycles. The van der Waals surface area contributed by atoms with Crippen molar-refractivity contribution in [2.24, 2.45) is 0 Å². The Kier molecular flexibility index (Phi) is 3.79. The SMILES string of the molecule is CS(=O)CCn1c(=S)[nH]c2cc(Br)c(F)cc21. The van der Waals surface area contributed by atoms with Gasteiger partial charge in [-0.1, -0.05) is 0 Å². The highest BCUT2D eigenvalue weighted by Gasteiger charge is 2.09. The van der Waals surface area contributed by atoms with Crippen molar-refractivity contribution in [2.75, 3.05) is 12.0 Å². The molecular weight excluding hydrogens is 327 g/mol. The summed E-state index contributed by atoms with van der Waals surface area (Å²) in [5, 5.41) is 0. The third-order valence-electron chi connectivity index (χ3n) is 2.42. The van der Waals surface area contributed by atoms with Crippen molar-refractivity contribution in [3.63, 3.8) is 0 Å². The summed E-state index contributed by atoms with van der Waals surface area (Å²) >= 11 is 8.29. The molecule has 0 saturated carbocycles. The molecule has 2 rings (SSSR count). The van der Waals surface area contributed by atoms with Crippen LogP contribution in [0.4, 0.5) is 4.39 Å². The van der Waals surface area contributed by atoms with Crippen molar-refractivity contribution < 1.29 is 8.60 Å². The van der Waals surface area contributed by atoms with Crippen LogP contribution in [0.15, 0.2) is 16.6 Å². The Balaban J connectivity index is 2.54. The van der Waals surface area contributed by atoms with Gasteiger partial charge in [-0.05, 0) is 34.2 Å². The number of hydrogen-bond donors (Lipinski definition) is 1. The normalized spacial score (nSPS) is 13.1. The molecule has 0 radical (unpaired) electrons. The summed E-state index contributed by atoms with van der Waals surface area (Å²) in [5.41, 5.74) is 1.46. The fourth-order valence-electron chi connectivity index (χ4n) is 1.59. The van der Waals surface area contributed by atoms with Crippen LogP contribution in [-0.4, -0.2) is 25.8 Å². The van der Waals surface area contributed by atoms with Gasteiger partial charge in [0, 0.05) is 35.4 Å². The van der Waals surface area contributed by atoms with E-state index < -0.39 is 10.8 Å². The van der Waals surface area contributed by atoms with E-state index in [0.29, 0.717) is 27.1 Å². The number of hydrogen-bond acceptors (Lipinski definition) is 2. The molecule has 0 bridgehead atoms. The first kappa shape index (κ1) is 12.9. The van der Waals surface area contributed by atoms with Crippen molar-refractivity contribution in [3.8, 4) is 0 Å². The van der Waals surface area contributed by atoms with Crippen LogP contribution in [0.2, 0.25) is 0 Å². The molecule has 2 aromatic rings. The molecule has 0 aliphatic heterocycles. The number of halogens is 2. The lowest BCUT2D eigenvalue weighted by Gasteiger charge is -2.03. The number of benzene rings is 1. The number of aromatic amines is 1. The minimum absolute atomic E-state index is 0.335. The molecule has 1 N–H and O–H groups in total. The lowest BCUT2D eigenvalue weighted by molar-refractivity contribution is 0.621. The minimum atomic E-state index is -0.895. The predicted octanol–water partition coefficient (Wildman–Crippen LogP) is 2.98. The van der Waals surface area contributed by atoms with Gasteiger partial charge in [0.2, 0.25) is 0 Å². The predicted molar refractivity (Wildman–Crippen MR) is 73.7 cm³/mol. The Bertz CT molecular complexity index is 650. The summed E-state index contributed by atoms with van der Waals surface area (Å²) in [6.45, 7) is 0.517. The summed E-state index contributed by atoms with van der Waals surface area (Å²) in [6.07, 6.45) is 1.63. The van der Waals surface area contributed by atoms with Gasteiger partial charge < -0.3 is 9.55 Å². The van der Waals surface area contributed by atoms with Gasteiger partial charge in [0.25, 0.3) is 0 Å². The van der Waals surface area contributed by atoms with Crippen LogP contribution in [0.3, 0.4) is 0 Å². The number of H-pyrrole nitrogens is 1. The summed E-state index contributed by atoms with van der Waals surface area (Å²) in [6, 6.07) is 3.07. The molecule has 0 fully saturated rings. The van der Waals surface area contributed by atoms with Crippen LogP contribution >= 0.6 is 28.1 Å². The van der Waals surface area contributed by atoms with E-state index in [0.717, 1.165) is 5.52 Å². The van der Waals surface area contributed by atoms with Crippen molar-refractivity contribution in [1.82, 2.24) is 9.55 Å². The average molecular weight is 337 g/mol. The second-order valence-corrected chi connectivity index (χ2v) is 6.44. The number of nitrogens with zero attached hydrogens (tertiary/aromatic N) is 1. The van der Waals surface area contributed by atoms with Gasteiger partial charge in [0.1, 0.15) is 5.82 Å². The number of rotatable bonds is 3. The largest absolute Gasteiger partial charge is 0.331 e. The van der Waals surface area contributed by atoms with E-state index in [2.05, 4.69) is 20.9 Å². The third-order valence-corrected chi connectivity index (χ3v) is 4.11. The molecule has 7 heteroatoms. The molecule has 0 spiro atoms. The molecule has 1 atom stereocenters. The standard InChI is InChI=1S/C10H10BrFN2OS2/c1-17(15)3-2-14-9-5-7(12)6(11)4-8(9)13-10(14)16/h4-5H,2-3H2,1H3,(H,13,16).